The molecule has 0 saturated carbocycles. The highest BCUT2D eigenvalue weighted by Gasteiger charge is 2.30. The molecule has 0 saturated heterocycles. The third kappa shape index (κ3) is 2.62. The summed E-state index contributed by atoms with van der Waals surface area (Å²) in [5.74, 6) is 0. The third-order valence-electron chi connectivity index (χ3n) is 4.34. The molecular formula is C16H17N5O2S2. The lowest BCUT2D eigenvalue weighted by molar-refractivity contribution is 0.307. The molecule has 130 valence electrons. The van der Waals surface area contributed by atoms with E-state index >= 15 is 0 Å². The van der Waals surface area contributed by atoms with Crippen LogP contribution in [0.25, 0.3) is 5.65 Å². The highest BCUT2D eigenvalue weighted by Crippen LogP contribution is 2.33. The fourth-order valence-corrected chi connectivity index (χ4v) is 5.45. The van der Waals surface area contributed by atoms with Gasteiger partial charge in [-0.1, -0.05) is 0 Å². The summed E-state index contributed by atoms with van der Waals surface area (Å²) < 4.78 is 28.0. The summed E-state index contributed by atoms with van der Waals surface area (Å²) in [7, 11) is -1.68. The quantitative estimate of drug-likeness (QED) is 0.644. The van der Waals surface area contributed by atoms with Gasteiger partial charge >= 0.3 is 0 Å². The number of aromatic nitrogens is 4. The predicted molar refractivity (Wildman–Crippen MR) is 94.5 cm³/mol. The van der Waals surface area contributed by atoms with E-state index in [9.17, 15) is 8.42 Å². The minimum absolute atomic E-state index is 0.152. The molecule has 0 atom stereocenters. The van der Waals surface area contributed by atoms with Gasteiger partial charge in [0.15, 0.2) is 10.5 Å². The fourth-order valence-electron chi connectivity index (χ4n) is 3.08. The van der Waals surface area contributed by atoms with E-state index in [0.717, 1.165) is 30.8 Å². The topological polar surface area (TPSA) is 80.5 Å². The van der Waals surface area contributed by atoms with Crippen molar-refractivity contribution in [1.29, 1.82) is 0 Å². The van der Waals surface area contributed by atoms with Crippen LogP contribution in [-0.4, -0.2) is 52.7 Å². The molecule has 4 heterocycles. The molecule has 0 bridgehead atoms. The van der Waals surface area contributed by atoms with Gasteiger partial charge in [0, 0.05) is 43.7 Å². The van der Waals surface area contributed by atoms with Gasteiger partial charge in [-0.15, -0.1) is 11.8 Å². The second-order valence-corrected chi connectivity index (χ2v) is 8.67. The zero-order chi connectivity index (χ0) is 17.6. The molecule has 1 aliphatic rings. The summed E-state index contributed by atoms with van der Waals surface area (Å²) in [6.07, 6.45) is 7.32. The van der Waals surface area contributed by atoms with Crippen LogP contribution in [0.5, 0.6) is 0 Å². The van der Waals surface area contributed by atoms with E-state index in [1.807, 2.05) is 6.26 Å². The summed E-state index contributed by atoms with van der Waals surface area (Å²) in [6, 6.07) is 3.16. The monoisotopic (exact) mass is 375 g/mol. The van der Waals surface area contributed by atoms with E-state index in [1.54, 1.807) is 29.0 Å². The van der Waals surface area contributed by atoms with Crippen LogP contribution in [0.4, 0.5) is 0 Å². The van der Waals surface area contributed by atoms with Gasteiger partial charge in [-0.25, -0.2) is 17.9 Å². The van der Waals surface area contributed by atoms with E-state index in [-0.39, 0.29) is 9.79 Å². The first kappa shape index (κ1) is 16.5. The van der Waals surface area contributed by atoms with E-state index in [1.165, 1.54) is 18.0 Å². The lowest BCUT2D eigenvalue weighted by Crippen LogP contribution is -2.28. The van der Waals surface area contributed by atoms with Gasteiger partial charge in [0.1, 0.15) is 5.03 Å². The largest absolute Gasteiger partial charge is 0.302 e. The van der Waals surface area contributed by atoms with Crippen LogP contribution in [0, 0.1) is 0 Å². The van der Waals surface area contributed by atoms with Crippen LogP contribution in [0.15, 0.2) is 45.5 Å². The van der Waals surface area contributed by atoms with Gasteiger partial charge in [0.2, 0.25) is 9.84 Å². The zero-order valence-electron chi connectivity index (χ0n) is 13.9. The Morgan fingerprint density at radius 3 is 2.84 bits per heavy atom. The van der Waals surface area contributed by atoms with Gasteiger partial charge in [-0.2, -0.15) is 5.10 Å². The fraction of sp³-hybridized carbons (Fsp3) is 0.312. The first-order chi connectivity index (χ1) is 12.0. The lowest BCUT2D eigenvalue weighted by Gasteiger charge is -2.24. The van der Waals surface area contributed by atoms with Crippen LogP contribution in [0.1, 0.15) is 11.3 Å². The molecule has 9 heteroatoms. The molecule has 0 aliphatic carbocycles. The summed E-state index contributed by atoms with van der Waals surface area (Å²) in [5, 5.41) is 5.02. The maximum Gasteiger partial charge on any atom is 0.214 e. The van der Waals surface area contributed by atoms with Gasteiger partial charge in [0.25, 0.3) is 0 Å². The third-order valence-corrected chi connectivity index (χ3v) is 6.91. The van der Waals surface area contributed by atoms with Crippen LogP contribution in [0.3, 0.4) is 0 Å². The molecule has 25 heavy (non-hydrogen) atoms. The number of sulfone groups is 1. The Bertz CT molecular complexity index is 1050. The maximum atomic E-state index is 13.2. The Kier molecular flexibility index (Phi) is 4.01. The number of hydrogen-bond donors (Lipinski definition) is 0. The Balaban J connectivity index is 1.99. The van der Waals surface area contributed by atoms with E-state index in [4.69, 9.17) is 0 Å². The van der Waals surface area contributed by atoms with Crippen LogP contribution in [-0.2, 0) is 22.8 Å². The molecule has 0 amide bonds. The normalized spacial score (nSPS) is 15.4. The highest BCUT2D eigenvalue weighted by atomic mass is 32.2. The van der Waals surface area contributed by atoms with Gasteiger partial charge in [-0.05, 0) is 25.4 Å². The number of fused-ring (bicyclic) bond motifs is 3. The number of pyridine rings is 1. The summed E-state index contributed by atoms with van der Waals surface area (Å²) in [4.78, 5) is 10.9. The Labute approximate surface area is 150 Å². The number of likely N-dealkylation sites (N-methyl/N-ethyl adjacent to an activating group) is 1. The molecule has 4 rings (SSSR count). The lowest BCUT2D eigenvalue weighted by atomic mass is 10.1. The molecule has 3 aromatic rings. The minimum Gasteiger partial charge on any atom is -0.302 e. The number of nitrogens with zero attached hydrogens (tertiary/aromatic N) is 5. The second-order valence-electron chi connectivity index (χ2n) is 5.98. The Morgan fingerprint density at radius 2 is 2.12 bits per heavy atom. The van der Waals surface area contributed by atoms with E-state index in [2.05, 4.69) is 27.0 Å². The molecule has 0 unspecified atom stereocenters. The second kappa shape index (κ2) is 6.08. The molecule has 0 spiro atoms. The number of hydrogen-bond acceptors (Lipinski definition) is 7. The predicted octanol–water partition coefficient (Wildman–Crippen LogP) is 1.67. The van der Waals surface area contributed by atoms with Crippen molar-refractivity contribution >= 4 is 27.2 Å². The summed E-state index contributed by atoms with van der Waals surface area (Å²) in [6.45, 7) is 1.70. The van der Waals surface area contributed by atoms with Crippen molar-refractivity contribution in [3.8, 4) is 0 Å². The molecule has 3 aromatic heterocycles. The van der Waals surface area contributed by atoms with Crippen LogP contribution < -0.4 is 0 Å². The standard InChI is InChI=1S/C16H17N5O2S2/c1-20-7-5-13-11(10-20)8-18-15-14(16(24-2)19-21(13)15)25(22,23)12-4-3-6-17-9-12/h3-4,6,8-9H,5,7,10H2,1-2H3. The Morgan fingerprint density at radius 1 is 1.28 bits per heavy atom. The van der Waals surface area contributed by atoms with E-state index < -0.39 is 9.84 Å². The van der Waals surface area contributed by atoms with Crippen molar-refractivity contribution in [2.24, 2.45) is 0 Å². The Hall–Kier alpha value is -1.97. The SMILES string of the molecule is CSc1nn2c3c(cnc2c1S(=O)(=O)c1cccnc1)CN(C)CC3. The molecule has 0 aromatic carbocycles. The maximum absolute atomic E-state index is 13.2. The zero-order valence-corrected chi connectivity index (χ0v) is 15.5. The van der Waals surface area contributed by atoms with Crippen LogP contribution >= 0.6 is 11.8 Å². The highest BCUT2D eigenvalue weighted by molar-refractivity contribution is 7.99. The average Bonchev–Trinajstić information content (AvgIpc) is 3.02. The van der Waals surface area contributed by atoms with Crippen molar-refractivity contribution in [3.05, 3.63) is 42.0 Å². The molecule has 0 fully saturated rings. The summed E-state index contributed by atoms with van der Waals surface area (Å²) in [5.41, 5.74) is 2.50. The first-order valence-corrected chi connectivity index (χ1v) is 10.5. The minimum atomic E-state index is -3.74. The summed E-state index contributed by atoms with van der Waals surface area (Å²) >= 11 is 1.31. The van der Waals surface area contributed by atoms with E-state index in [0.29, 0.717) is 10.7 Å². The smallest absolute Gasteiger partial charge is 0.214 e. The molecule has 1 aliphatic heterocycles. The first-order valence-electron chi connectivity index (χ1n) is 7.79. The molecule has 0 radical (unpaired) electrons. The molecule has 0 N–H and O–H groups in total. The van der Waals surface area contributed by atoms with Crippen molar-refractivity contribution in [2.45, 2.75) is 27.8 Å². The van der Waals surface area contributed by atoms with Crippen LogP contribution in [0.2, 0.25) is 0 Å². The van der Waals surface area contributed by atoms with Crippen molar-refractivity contribution in [3.63, 3.8) is 0 Å². The molecule has 7 nitrogen and oxygen atoms in total. The van der Waals surface area contributed by atoms with Gasteiger partial charge in [0.05, 0.1) is 10.6 Å². The van der Waals surface area contributed by atoms with Gasteiger partial charge < -0.3 is 4.90 Å². The van der Waals surface area contributed by atoms with Crippen molar-refractivity contribution < 1.29 is 8.42 Å². The van der Waals surface area contributed by atoms with Gasteiger partial charge in [-0.3, -0.25) is 4.98 Å². The number of rotatable bonds is 3. The molecular weight excluding hydrogens is 358 g/mol. The van der Waals surface area contributed by atoms with Crippen molar-refractivity contribution in [2.75, 3.05) is 19.8 Å². The average molecular weight is 375 g/mol. The number of thioether (sulfide) groups is 1. The van der Waals surface area contributed by atoms with Crippen molar-refractivity contribution in [1.82, 2.24) is 24.5 Å².